The van der Waals surface area contributed by atoms with E-state index in [1.54, 1.807) is 0 Å². The van der Waals surface area contributed by atoms with Crippen LogP contribution < -0.4 is 0 Å². The van der Waals surface area contributed by atoms with Gasteiger partial charge in [0.1, 0.15) is 6.39 Å². The van der Waals surface area contributed by atoms with Crippen molar-refractivity contribution in [3.05, 3.63) is 24.3 Å². The van der Waals surface area contributed by atoms with Crippen LogP contribution in [0, 0.1) is 19.3 Å². The van der Waals surface area contributed by atoms with Crippen LogP contribution in [0.1, 0.15) is 19.6 Å². The van der Waals surface area contributed by atoms with Gasteiger partial charge < -0.3 is 15.6 Å². The quantitative estimate of drug-likeness (QED) is 0.649. The van der Waals surface area contributed by atoms with Gasteiger partial charge in [0.05, 0.1) is 5.95 Å². The molecule has 63 valence electrons. The SMILES string of the molecule is CC.Cc1o[c-]nc1F.[NH2-].[Y]. The summed E-state index contributed by atoms with van der Waals surface area (Å²) in [4.78, 5) is 3.06. The maximum atomic E-state index is 11.8. The van der Waals surface area contributed by atoms with E-state index in [0.717, 1.165) is 0 Å². The van der Waals surface area contributed by atoms with E-state index in [2.05, 4.69) is 9.40 Å². The Labute approximate surface area is 91.2 Å². The molecule has 3 nitrogen and oxygen atoms in total. The van der Waals surface area contributed by atoms with Gasteiger partial charge >= 0.3 is 0 Å². The first-order chi connectivity index (χ1) is 4.30. The first-order valence-corrected chi connectivity index (χ1v) is 2.79. The molecule has 0 saturated carbocycles. The predicted octanol–water partition coefficient (Wildman–Crippen LogP) is 2.66. The summed E-state index contributed by atoms with van der Waals surface area (Å²) in [5, 5.41) is 0. The van der Waals surface area contributed by atoms with Crippen molar-refractivity contribution < 1.29 is 41.5 Å². The standard InChI is InChI=1S/C4H3FNO.C2H6.H2N.Y/c1-3-4(5)6-2-7-3;1-2;;/h1H3;1-2H3;1H2;/q-1;;-1;. The van der Waals surface area contributed by atoms with E-state index < -0.39 is 5.95 Å². The van der Waals surface area contributed by atoms with Crippen molar-refractivity contribution in [3.8, 4) is 0 Å². The largest absolute Gasteiger partial charge is 0.693 e. The summed E-state index contributed by atoms with van der Waals surface area (Å²) in [5.74, 6) is -0.403. The summed E-state index contributed by atoms with van der Waals surface area (Å²) in [6.45, 7) is 5.48. The molecule has 1 radical (unpaired) electrons. The summed E-state index contributed by atoms with van der Waals surface area (Å²) in [6.07, 6.45) is 2.00. The summed E-state index contributed by atoms with van der Waals surface area (Å²) in [6, 6.07) is 0. The molecule has 0 aliphatic rings. The van der Waals surface area contributed by atoms with Crippen LogP contribution in [0.4, 0.5) is 4.39 Å². The maximum absolute atomic E-state index is 11.8. The molecule has 1 heterocycles. The van der Waals surface area contributed by atoms with E-state index in [1.807, 2.05) is 20.2 Å². The number of halogens is 1. The van der Waals surface area contributed by atoms with Crippen molar-refractivity contribution >= 4 is 0 Å². The number of aryl methyl sites for hydroxylation is 1. The second-order valence-electron chi connectivity index (χ2n) is 1.15. The minimum Gasteiger partial charge on any atom is -0.693 e. The van der Waals surface area contributed by atoms with Crippen molar-refractivity contribution in [1.82, 2.24) is 4.98 Å². The molecule has 0 atom stereocenters. The molecule has 0 bridgehead atoms. The number of hydrogen-bond donors (Lipinski definition) is 0. The summed E-state index contributed by atoms with van der Waals surface area (Å²) < 4.78 is 16.2. The molecular formula is C6H11FN2OY-2. The molecular weight excluding hydrogens is 224 g/mol. The van der Waals surface area contributed by atoms with Gasteiger partial charge in [-0.25, -0.2) is 0 Å². The molecule has 0 aliphatic heterocycles. The van der Waals surface area contributed by atoms with E-state index in [1.165, 1.54) is 6.92 Å². The zero-order valence-corrected chi connectivity index (χ0v) is 9.73. The zero-order chi connectivity index (χ0) is 7.28. The molecule has 0 fully saturated rings. The number of hydrogen-bond acceptors (Lipinski definition) is 2. The van der Waals surface area contributed by atoms with Gasteiger partial charge in [0.25, 0.3) is 0 Å². The first-order valence-electron chi connectivity index (χ1n) is 2.79. The third-order valence-corrected chi connectivity index (χ3v) is 0.633. The van der Waals surface area contributed by atoms with Crippen LogP contribution in [-0.4, -0.2) is 4.98 Å². The van der Waals surface area contributed by atoms with Gasteiger partial charge in [0, 0.05) is 32.7 Å². The summed E-state index contributed by atoms with van der Waals surface area (Å²) in [5.41, 5.74) is 0. The summed E-state index contributed by atoms with van der Waals surface area (Å²) >= 11 is 0. The minimum atomic E-state index is -0.583. The molecule has 0 aliphatic carbocycles. The average molecular weight is 235 g/mol. The molecule has 0 aromatic carbocycles. The van der Waals surface area contributed by atoms with Crippen molar-refractivity contribution in [2.75, 3.05) is 0 Å². The Morgan fingerprint density at radius 1 is 1.45 bits per heavy atom. The Balaban J connectivity index is -0.000000149. The van der Waals surface area contributed by atoms with E-state index in [0.29, 0.717) is 0 Å². The van der Waals surface area contributed by atoms with Crippen molar-refractivity contribution in [2.45, 2.75) is 20.8 Å². The Kier molecular flexibility index (Phi) is 16.1. The van der Waals surface area contributed by atoms with Gasteiger partial charge in [0.15, 0.2) is 0 Å². The van der Waals surface area contributed by atoms with Crippen LogP contribution in [0.25, 0.3) is 6.15 Å². The summed E-state index contributed by atoms with van der Waals surface area (Å²) in [7, 11) is 0. The van der Waals surface area contributed by atoms with Crippen LogP contribution in [0.2, 0.25) is 0 Å². The van der Waals surface area contributed by atoms with E-state index in [-0.39, 0.29) is 44.6 Å². The van der Waals surface area contributed by atoms with Gasteiger partial charge in [-0.15, -0.1) is 0 Å². The molecule has 0 unspecified atom stereocenters. The van der Waals surface area contributed by atoms with Crippen molar-refractivity contribution in [1.29, 1.82) is 0 Å². The van der Waals surface area contributed by atoms with Gasteiger partial charge in [0.2, 0.25) is 0 Å². The molecule has 0 saturated heterocycles. The molecule has 11 heavy (non-hydrogen) atoms. The first kappa shape index (κ1) is 17.3. The molecule has 1 rings (SSSR count). The van der Waals surface area contributed by atoms with Crippen LogP contribution in [0.3, 0.4) is 0 Å². The molecule has 5 heteroatoms. The number of rotatable bonds is 0. The Hall–Kier alpha value is 0.204. The van der Waals surface area contributed by atoms with Crippen LogP contribution in [0.15, 0.2) is 4.42 Å². The smallest absolute Gasteiger partial charge is 0.104 e. The topological polar surface area (TPSA) is 59.5 Å². The third kappa shape index (κ3) is 6.60. The molecule has 2 N–H and O–H groups in total. The van der Waals surface area contributed by atoms with Gasteiger partial charge in [-0.3, -0.25) is 4.39 Å². The Bertz CT molecular complexity index is 153. The second-order valence-corrected chi connectivity index (χ2v) is 1.15. The monoisotopic (exact) mass is 235 g/mol. The minimum absolute atomic E-state index is 0. The van der Waals surface area contributed by atoms with Crippen LogP contribution in [-0.2, 0) is 32.7 Å². The van der Waals surface area contributed by atoms with Gasteiger partial charge in [-0.1, -0.05) is 20.8 Å². The predicted molar refractivity (Wildman–Crippen MR) is 36.7 cm³/mol. The van der Waals surface area contributed by atoms with Crippen LogP contribution >= 0.6 is 0 Å². The zero-order valence-electron chi connectivity index (χ0n) is 6.89. The fourth-order valence-corrected chi connectivity index (χ4v) is 0.252. The van der Waals surface area contributed by atoms with E-state index in [4.69, 9.17) is 0 Å². The van der Waals surface area contributed by atoms with E-state index in [9.17, 15) is 4.39 Å². The Morgan fingerprint density at radius 3 is 2.00 bits per heavy atom. The second kappa shape index (κ2) is 10.2. The maximum Gasteiger partial charge on any atom is 0.104 e. The fourth-order valence-electron chi connectivity index (χ4n) is 0.252. The number of nitrogens with zero attached hydrogens (tertiary/aromatic N) is 1. The molecule has 1 aromatic heterocycles. The fraction of sp³-hybridized carbons (Fsp3) is 0.500. The normalized spacial score (nSPS) is 6.55. The molecule has 0 spiro atoms. The van der Waals surface area contributed by atoms with Crippen molar-refractivity contribution in [2.24, 2.45) is 0 Å². The van der Waals surface area contributed by atoms with Crippen LogP contribution in [0.5, 0.6) is 0 Å². The number of aromatic nitrogens is 1. The number of oxazole rings is 1. The Morgan fingerprint density at radius 2 is 1.91 bits per heavy atom. The average Bonchev–Trinajstić information content (AvgIpc) is 2.23. The molecule has 1 aromatic rings. The molecule has 0 amide bonds. The third-order valence-electron chi connectivity index (χ3n) is 0.633. The number of nitrogens with two attached hydrogens (primary N) is 1. The van der Waals surface area contributed by atoms with Crippen molar-refractivity contribution in [3.63, 3.8) is 0 Å². The van der Waals surface area contributed by atoms with Gasteiger partial charge in [-0.05, 0) is 5.76 Å². The van der Waals surface area contributed by atoms with Gasteiger partial charge in [-0.2, -0.15) is 0 Å². The van der Waals surface area contributed by atoms with E-state index >= 15 is 0 Å².